The van der Waals surface area contributed by atoms with Crippen LogP contribution in [0.1, 0.15) is 31.4 Å². The third-order valence-corrected chi connectivity index (χ3v) is 6.10. The fourth-order valence-corrected chi connectivity index (χ4v) is 4.14. The Morgan fingerprint density at radius 3 is 2.84 bits per heavy atom. The van der Waals surface area contributed by atoms with E-state index in [4.69, 9.17) is 0 Å². The summed E-state index contributed by atoms with van der Waals surface area (Å²) in [6.45, 7) is 2.50. The van der Waals surface area contributed by atoms with E-state index in [1.54, 1.807) is 23.8 Å². The van der Waals surface area contributed by atoms with E-state index in [0.717, 1.165) is 15.8 Å². The molecule has 0 spiro atoms. The van der Waals surface area contributed by atoms with Gasteiger partial charge in [-0.25, -0.2) is 4.98 Å². The second-order valence-electron chi connectivity index (χ2n) is 6.93. The number of hydrogen-bond acceptors (Lipinski definition) is 4. The maximum atomic E-state index is 13.3. The van der Waals surface area contributed by atoms with Crippen molar-refractivity contribution in [2.24, 2.45) is 5.41 Å². The highest BCUT2D eigenvalue weighted by molar-refractivity contribution is 7.16. The SMILES string of the molecule is C[C@@H]1CN[C@@H](c2ccc3scnc3c2)CN1C(=O)C1(C(F)(F)F)CC1. The zero-order chi connectivity index (χ0) is 17.8. The highest BCUT2D eigenvalue weighted by Crippen LogP contribution is 2.59. The van der Waals surface area contributed by atoms with Crippen LogP contribution in [-0.4, -0.2) is 41.1 Å². The fraction of sp³-hybridized carbons (Fsp3) is 0.529. The molecule has 2 fully saturated rings. The van der Waals surface area contributed by atoms with E-state index < -0.39 is 17.5 Å². The lowest BCUT2D eigenvalue weighted by Gasteiger charge is -2.41. The summed E-state index contributed by atoms with van der Waals surface area (Å²) in [5, 5.41) is 3.34. The van der Waals surface area contributed by atoms with Crippen LogP contribution >= 0.6 is 11.3 Å². The summed E-state index contributed by atoms with van der Waals surface area (Å²) in [7, 11) is 0. The lowest BCUT2D eigenvalue weighted by atomic mass is 9.98. The number of fused-ring (bicyclic) bond motifs is 1. The maximum Gasteiger partial charge on any atom is 0.403 e. The molecule has 0 radical (unpaired) electrons. The van der Waals surface area contributed by atoms with Gasteiger partial charge in [0, 0.05) is 19.1 Å². The van der Waals surface area contributed by atoms with E-state index in [1.165, 1.54) is 4.90 Å². The zero-order valence-corrected chi connectivity index (χ0v) is 14.5. The molecular formula is C17H18F3N3OS. The molecule has 2 heterocycles. The predicted octanol–water partition coefficient (Wildman–Crippen LogP) is 3.50. The molecule has 1 aromatic carbocycles. The van der Waals surface area contributed by atoms with Crippen molar-refractivity contribution in [3.63, 3.8) is 0 Å². The van der Waals surface area contributed by atoms with E-state index in [0.29, 0.717) is 6.54 Å². The van der Waals surface area contributed by atoms with Crippen molar-refractivity contribution in [1.29, 1.82) is 0 Å². The van der Waals surface area contributed by atoms with Crippen LogP contribution in [0.5, 0.6) is 0 Å². The number of amides is 1. The number of thiazole rings is 1. The predicted molar refractivity (Wildman–Crippen MR) is 89.3 cm³/mol. The molecule has 1 amide bonds. The number of nitrogens with one attached hydrogen (secondary N) is 1. The average Bonchev–Trinajstić information content (AvgIpc) is 3.27. The molecule has 0 bridgehead atoms. The number of rotatable bonds is 2. The van der Waals surface area contributed by atoms with Crippen LogP contribution in [0.25, 0.3) is 10.2 Å². The summed E-state index contributed by atoms with van der Waals surface area (Å²) < 4.78 is 41.0. The van der Waals surface area contributed by atoms with Gasteiger partial charge in [-0.2, -0.15) is 13.2 Å². The summed E-state index contributed by atoms with van der Waals surface area (Å²) in [5.41, 5.74) is 1.43. The van der Waals surface area contributed by atoms with Gasteiger partial charge in [0.25, 0.3) is 0 Å². The van der Waals surface area contributed by atoms with Crippen LogP contribution in [0, 0.1) is 5.41 Å². The lowest BCUT2D eigenvalue weighted by molar-refractivity contribution is -0.200. The second-order valence-corrected chi connectivity index (χ2v) is 7.81. The topological polar surface area (TPSA) is 45.2 Å². The average molecular weight is 369 g/mol. The van der Waals surface area contributed by atoms with Crippen LogP contribution < -0.4 is 5.32 Å². The van der Waals surface area contributed by atoms with E-state index in [2.05, 4.69) is 10.3 Å². The van der Waals surface area contributed by atoms with Gasteiger partial charge >= 0.3 is 6.18 Å². The summed E-state index contributed by atoms with van der Waals surface area (Å²) in [6.07, 6.45) is -4.66. The normalized spacial score (nSPS) is 26.0. The van der Waals surface area contributed by atoms with Crippen molar-refractivity contribution in [1.82, 2.24) is 15.2 Å². The van der Waals surface area contributed by atoms with Crippen molar-refractivity contribution in [2.75, 3.05) is 13.1 Å². The first-order valence-corrected chi connectivity index (χ1v) is 9.14. The molecule has 2 aliphatic rings. The minimum atomic E-state index is -4.47. The van der Waals surface area contributed by atoms with Gasteiger partial charge in [-0.15, -0.1) is 11.3 Å². The molecule has 1 aliphatic carbocycles. The Bertz CT molecular complexity index is 815. The summed E-state index contributed by atoms with van der Waals surface area (Å²) in [6, 6.07) is 5.42. The molecule has 4 rings (SSSR count). The smallest absolute Gasteiger partial charge is 0.336 e. The highest BCUT2D eigenvalue weighted by Gasteiger charge is 2.69. The minimum absolute atomic E-state index is 0.0958. The maximum absolute atomic E-state index is 13.3. The van der Waals surface area contributed by atoms with Crippen molar-refractivity contribution in [3.8, 4) is 0 Å². The van der Waals surface area contributed by atoms with Crippen molar-refractivity contribution >= 4 is 27.5 Å². The first-order valence-electron chi connectivity index (χ1n) is 8.26. The third kappa shape index (κ3) is 2.71. The second kappa shape index (κ2) is 5.67. The number of piperazine rings is 1. The van der Waals surface area contributed by atoms with Gasteiger partial charge in [0.15, 0.2) is 0 Å². The lowest BCUT2D eigenvalue weighted by Crippen LogP contribution is -2.57. The van der Waals surface area contributed by atoms with Crippen LogP contribution in [0.3, 0.4) is 0 Å². The van der Waals surface area contributed by atoms with Crippen molar-refractivity contribution in [3.05, 3.63) is 29.3 Å². The molecule has 25 heavy (non-hydrogen) atoms. The van der Waals surface area contributed by atoms with Gasteiger partial charge in [0.05, 0.1) is 21.8 Å². The summed E-state index contributed by atoms with van der Waals surface area (Å²) >= 11 is 1.54. The molecular weight excluding hydrogens is 351 g/mol. The number of hydrogen-bond donors (Lipinski definition) is 1. The standard InChI is InChI=1S/C17H18F3N3OS/c1-10-7-21-13(11-2-3-14-12(6-11)22-9-25-14)8-23(10)15(24)16(4-5-16)17(18,19)20/h2-3,6,9-10,13,21H,4-5,7-8H2,1H3/t10-,13-/m1/s1. The molecule has 1 saturated carbocycles. The largest absolute Gasteiger partial charge is 0.403 e. The van der Waals surface area contributed by atoms with Gasteiger partial charge in [0.2, 0.25) is 5.91 Å². The molecule has 1 aliphatic heterocycles. The van der Waals surface area contributed by atoms with Gasteiger partial charge in [-0.1, -0.05) is 6.07 Å². The molecule has 1 N–H and O–H groups in total. The number of carbonyl (C=O) groups excluding carboxylic acids is 1. The Labute approximate surface area is 147 Å². The number of carbonyl (C=O) groups is 1. The summed E-state index contributed by atoms with van der Waals surface area (Å²) in [4.78, 5) is 18.4. The number of alkyl halides is 3. The quantitative estimate of drug-likeness (QED) is 0.881. The van der Waals surface area contributed by atoms with E-state index in [-0.39, 0.29) is 31.5 Å². The zero-order valence-electron chi connectivity index (χ0n) is 13.6. The molecule has 2 aromatic rings. The molecule has 1 aromatic heterocycles. The first-order chi connectivity index (χ1) is 11.8. The monoisotopic (exact) mass is 369 g/mol. The van der Waals surface area contributed by atoms with Gasteiger partial charge < -0.3 is 10.2 Å². The number of halogens is 3. The van der Waals surface area contributed by atoms with E-state index >= 15 is 0 Å². The number of aromatic nitrogens is 1. The first kappa shape index (κ1) is 16.8. The van der Waals surface area contributed by atoms with Crippen LogP contribution in [0.4, 0.5) is 13.2 Å². The van der Waals surface area contributed by atoms with E-state index in [9.17, 15) is 18.0 Å². The molecule has 2 atom stereocenters. The van der Waals surface area contributed by atoms with Crippen molar-refractivity contribution < 1.29 is 18.0 Å². The Balaban J connectivity index is 1.58. The molecule has 1 saturated heterocycles. The molecule has 8 heteroatoms. The Morgan fingerprint density at radius 2 is 2.16 bits per heavy atom. The molecule has 134 valence electrons. The molecule has 4 nitrogen and oxygen atoms in total. The van der Waals surface area contributed by atoms with Gasteiger partial charge in [-0.3, -0.25) is 4.79 Å². The molecule has 0 unspecified atom stereocenters. The fourth-order valence-electron chi connectivity index (χ4n) is 3.48. The number of nitrogens with zero attached hydrogens (tertiary/aromatic N) is 2. The summed E-state index contributed by atoms with van der Waals surface area (Å²) in [5.74, 6) is -0.770. The van der Waals surface area contributed by atoms with Gasteiger partial charge in [-0.05, 0) is 37.5 Å². The number of benzene rings is 1. The minimum Gasteiger partial charge on any atom is -0.336 e. The Hall–Kier alpha value is -1.67. The van der Waals surface area contributed by atoms with Gasteiger partial charge in [0.1, 0.15) is 5.41 Å². The third-order valence-electron chi connectivity index (χ3n) is 5.29. The Morgan fingerprint density at radius 1 is 1.40 bits per heavy atom. The highest BCUT2D eigenvalue weighted by atomic mass is 32.1. The van der Waals surface area contributed by atoms with E-state index in [1.807, 2.05) is 18.2 Å². The van der Waals surface area contributed by atoms with Crippen LogP contribution in [0.15, 0.2) is 23.7 Å². The Kier molecular flexibility index (Phi) is 3.81. The van der Waals surface area contributed by atoms with Crippen LogP contribution in [-0.2, 0) is 4.79 Å². The van der Waals surface area contributed by atoms with Crippen LogP contribution in [0.2, 0.25) is 0 Å². The van der Waals surface area contributed by atoms with Crippen molar-refractivity contribution in [2.45, 2.75) is 38.0 Å².